The lowest BCUT2D eigenvalue weighted by molar-refractivity contribution is 0.108. The van der Waals surface area contributed by atoms with Crippen LogP contribution >= 0.6 is 0 Å². The summed E-state index contributed by atoms with van der Waals surface area (Å²) in [5, 5.41) is 2.87. The summed E-state index contributed by atoms with van der Waals surface area (Å²) in [6, 6.07) is 21.6. The molecule has 136 valence electrons. The van der Waals surface area contributed by atoms with E-state index in [1.54, 1.807) is 6.08 Å². The topological polar surface area (TPSA) is 35.6 Å². The van der Waals surface area contributed by atoms with Crippen molar-refractivity contribution < 1.29 is 4.79 Å². The van der Waals surface area contributed by atoms with E-state index in [2.05, 4.69) is 77.5 Å². The first kappa shape index (κ1) is 18.2. The van der Waals surface area contributed by atoms with E-state index in [0.29, 0.717) is 12.6 Å². The number of carbonyl (C=O) groups is 1. The standard InChI is InChI=1S/C22H27N3O/c1-2-13-23-22(26)25-16-14-24(15-17-25)21(20-11-7-4-8-12-20)18-19-9-5-3-6-10-19/h2-12,21H,1,13-18H2,(H,23,26)/t21-/m0/s1. The minimum absolute atomic E-state index is 0.00358. The summed E-state index contributed by atoms with van der Waals surface area (Å²) in [5.74, 6) is 0. The minimum atomic E-state index is 0.00358. The van der Waals surface area contributed by atoms with Crippen molar-refractivity contribution in [3.05, 3.63) is 84.4 Å². The van der Waals surface area contributed by atoms with E-state index >= 15 is 0 Å². The molecule has 0 spiro atoms. The van der Waals surface area contributed by atoms with Crippen LogP contribution in [0, 0.1) is 0 Å². The van der Waals surface area contributed by atoms with Crippen molar-refractivity contribution in [2.45, 2.75) is 12.5 Å². The van der Waals surface area contributed by atoms with Crippen LogP contribution in [-0.4, -0.2) is 48.6 Å². The second kappa shape index (κ2) is 9.20. The van der Waals surface area contributed by atoms with Crippen molar-refractivity contribution >= 4 is 6.03 Å². The number of piperazine rings is 1. The van der Waals surface area contributed by atoms with Crippen LogP contribution in [0.15, 0.2) is 73.3 Å². The molecule has 1 aliphatic rings. The maximum atomic E-state index is 12.1. The van der Waals surface area contributed by atoms with Gasteiger partial charge in [0, 0.05) is 38.8 Å². The largest absolute Gasteiger partial charge is 0.335 e. The van der Waals surface area contributed by atoms with Gasteiger partial charge in [0.15, 0.2) is 0 Å². The predicted molar refractivity (Wildman–Crippen MR) is 106 cm³/mol. The first-order valence-electron chi connectivity index (χ1n) is 9.24. The van der Waals surface area contributed by atoms with Gasteiger partial charge in [-0.1, -0.05) is 66.7 Å². The van der Waals surface area contributed by atoms with E-state index in [4.69, 9.17) is 0 Å². The fourth-order valence-electron chi connectivity index (χ4n) is 3.48. The summed E-state index contributed by atoms with van der Waals surface area (Å²) < 4.78 is 0. The zero-order chi connectivity index (χ0) is 18.2. The van der Waals surface area contributed by atoms with Crippen LogP contribution in [0.4, 0.5) is 4.79 Å². The number of hydrogen-bond acceptors (Lipinski definition) is 2. The van der Waals surface area contributed by atoms with Crippen LogP contribution in [0.25, 0.3) is 0 Å². The highest BCUT2D eigenvalue weighted by atomic mass is 16.2. The quantitative estimate of drug-likeness (QED) is 0.811. The molecular weight excluding hydrogens is 322 g/mol. The summed E-state index contributed by atoms with van der Waals surface area (Å²) in [5.41, 5.74) is 2.67. The third-order valence-electron chi connectivity index (χ3n) is 4.90. The van der Waals surface area contributed by atoms with Gasteiger partial charge in [-0.15, -0.1) is 6.58 Å². The lowest BCUT2D eigenvalue weighted by Gasteiger charge is -2.39. The molecule has 1 N–H and O–H groups in total. The van der Waals surface area contributed by atoms with E-state index in [0.717, 1.165) is 32.6 Å². The van der Waals surface area contributed by atoms with E-state index in [-0.39, 0.29) is 6.03 Å². The summed E-state index contributed by atoms with van der Waals surface area (Å²) >= 11 is 0. The van der Waals surface area contributed by atoms with Crippen molar-refractivity contribution in [1.82, 2.24) is 15.1 Å². The van der Waals surface area contributed by atoms with Crippen LogP contribution in [0.2, 0.25) is 0 Å². The van der Waals surface area contributed by atoms with E-state index in [1.165, 1.54) is 11.1 Å². The molecule has 1 heterocycles. The first-order chi connectivity index (χ1) is 12.8. The molecule has 2 aromatic rings. The average molecular weight is 349 g/mol. The highest BCUT2D eigenvalue weighted by molar-refractivity contribution is 5.74. The fourth-order valence-corrected chi connectivity index (χ4v) is 3.48. The minimum Gasteiger partial charge on any atom is -0.335 e. The lowest BCUT2D eigenvalue weighted by atomic mass is 9.96. The molecule has 1 aliphatic heterocycles. The lowest BCUT2D eigenvalue weighted by Crippen LogP contribution is -2.52. The second-order valence-corrected chi connectivity index (χ2v) is 6.61. The number of rotatable bonds is 6. The normalized spacial score (nSPS) is 16.1. The van der Waals surface area contributed by atoms with Gasteiger partial charge in [0.05, 0.1) is 0 Å². The van der Waals surface area contributed by atoms with Crippen LogP contribution in [0.3, 0.4) is 0 Å². The highest BCUT2D eigenvalue weighted by Gasteiger charge is 2.27. The first-order valence-corrected chi connectivity index (χ1v) is 9.24. The van der Waals surface area contributed by atoms with Crippen molar-refractivity contribution in [2.75, 3.05) is 32.7 Å². The maximum absolute atomic E-state index is 12.1. The van der Waals surface area contributed by atoms with E-state index < -0.39 is 0 Å². The molecule has 0 radical (unpaired) electrons. The summed E-state index contributed by atoms with van der Waals surface area (Å²) in [6.07, 6.45) is 2.69. The highest BCUT2D eigenvalue weighted by Crippen LogP contribution is 2.26. The number of nitrogens with one attached hydrogen (secondary N) is 1. The van der Waals surface area contributed by atoms with Gasteiger partial charge >= 0.3 is 6.03 Å². The fraction of sp³-hybridized carbons (Fsp3) is 0.318. The SMILES string of the molecule is C=CCNC(=O)N1CCN([C@@H](Cc2ccccc2)c2ccccc2)CC1. The Morgan fingerprint density at radius 1 is 1.00 bits per heavy atom. The molecule has 2 amide bonds. The number of nitrogens with zero attached hydrogens (tertiary/aromatic N) is 2. The Bertz CT molecular complexity index is 694. The molecule has 4 nitrogen and oxygen atoms in total. The molecule has 1 fully saturated rings. The Morgan fingerprint density at radius 2 is 1.62 bits per heavy atom. The van der Waals surface area contributed by atoms with Gasteiger partial charge < -0.3 is 10.2 Å². The smallest absolute Gasteiger partial charge is 0.317 e. The van der Waals surface area contributed by atoms with Crippen LogP contribution < -0.4 is 5.32 Å². The number of urea groups is 1. The molecule has 26 heavy (non-hydrogen) atoms. The monoisotopic (exact) mass is 349 g/mol. The predicted octanol–water partition coefficient (Wildman–Crippen LogP) is 3.48. The molecule has 0 saturated carbocycles. The molecule has 0 unspecified atom stereocenters. The van der Waals surface area contributed by atoms with Crippen LogP contribution in [0.1, 0.15) is 17.2 Å². The molecule has 1 atom stereocenters. The molecule has 0 bridgehead atoms. The third kappa shape index (κ3) is 4.73. The van der Waals surface area contributed by atoms with Crippen molar-refractivity contribution in [1.29, 1.82) is 0 Å². The zero-order valence-electron chi connectivity index (χ0n) is 15.2. The Kier molecular flexibility index (Phi) is 6.45. The second-order valence-electron chi connectivity index (χ2n) is 6.61. The van der Waals surface area contributed by atoms with Gasteiger partial charge in [-0.2, -0.15) is 0 Å². The Balaban J connectivity index is 1.68. The van der Waals surface area contributed by atoms with Gasteiger partial charge in [-0.25, -0.2) is 4.79 Å². The number of carbonyl (C=O) groups excluding carboxylic acids is 1. The third-order valence-corrected chi connectivity index (χ3v) is 4.90. The maximum Gasteiger partial charge on any atom is 0.317 e. The Morgan fingerprint density at radius 3 is 2.23 bits per heavy atom. The molecule has 4 heteroatoms. The van der Waals surface area contributed by atoms with Crippen molar-refractivity contribution in [2.24, 2.45) is 0 Å². The molecule has 0 aromatic heterocycles. The summed E-state index contributed by atoms with van der Waals surface area (Å²) in [7, 11) is 0. The molecular formula is C22H27N3O. The number of hydrogen-bond donors (Lipinski definition) is 1. The van der Waals surface area contributed by atoms with E-state index in [9.17, 15) is 4.79 Å². The van der Waals surface area contributed by atoms with E-state index in [1.807, 2.05) is 4.90 Å². The van der Waals surface area contributed by atoms with Crippen LogP contribution in [0.5, 0.6) is 0 Å². The molecule has 3 rings (SSSR count). The van der Waals surface area contributed by atoms with Gasteiger partial charge in [0.2, 0.25) is 0 Å². The number of amides is 2. The molecule has 1 saturated heterocycles. The molecule has 0 aliphatic carbocycles. The van der Waals surface area contributed by atoms with Crippen molar-refractivity contribution in [3.63, 3.8) is 0 Å². The molecule has 2 aromatic carbocycles. The van der Waals surface area contributed by atoms with Gasteiger partial charge in [-0.3, -0.25) is 4.90 Å². The number of benzene rings is 2. The van der Waals surface area contributed by atoms with Gasteiger partial charge in [0.25, 0.3) is 0 Å². The van der Waals surface area contributed by atoms with Crippen molar-refractivity contribution in [3.8, 4) is 0 Å². The van der Waals surface area contributed by atoms with Gasteiger partial charge in [0.1, 0.15) is 0 Å². The Hall–Kier alpha value is -2.59. The van der Waals surface area contributed by atoms with Gasteiger partial charge in [-0.05, 0) is 17.5 Å². The zero-order valence-corrected chi connectivity index (χ0v) is 15.2. The summed E-state index contributed by atoms with van der Waals surface area (Å²) in [4.78, 5) is 16.5. The Labute approximate surface area is 156 Å². The van der Waals surface area contributed by atoms with Crippen LogP contribution in [-0.2, 0) is 6.42 Å². The average Bonchev–Trinajstić information content (AvgIpc) is 2.72. The summed E-state index contributed by atoms with van der Waals surface area (Å²) in [6.45, 7) is 7.43.